The summed E-state index contributed by atoms with van der Waals surface area (Å²) in [6.45, 7) is 4.45. The molecule has 0 N–H and O–H groups in total. The van der Waals surface area contributed by atoms with E-state index in [9.17, 15) is 4.39 Å². The van der Waals surface area contributed by atoms with Gasteiger partial charge in [-0.3, -0.25) is 4.99 Å². The highest BCUT2D eigenvalue weighted by atomic mass is 79.9. The average Bonchev–Trinajstić information content (AvgIpc) is 2.61. The van der Waals surface area contributed by atoms with Gasteiger partial charge in [-0.25, -0.2) is 4.39 Å². The lowest BCUT2D eigenvalue weighted by Crippen LogP contribution is -2.00. The van der Waals surface area contributed by atoms with Crippen molar-refractivity contribution >= 4 is 43.8 Å². The summed E-state index contributed by atoms with van der Waals surface area (Å²) in [6, 6.07) is 16.3. The first kappa shape index (κ1) is 19.8. The van der Waals surface area contributed by atoms with E-state index in [4.69, 9.17) is 4.74 Å². The van der Waals surface area contributed by atoms with Crippen LogP contribution in [0.4, 0.5) is 10.1 Å². The molecule has 3 aromatic carbocycles. The lowest BCUT2D eigenvalue weighted by atomic mass is 10.1. The highest BCUT2D eigenvalue weighted by molar-refractivity contribution is 9.11. The fourth-order valence-electron chi connectivity index (χ4n) is 2.65. The summed E-state index contributed by atoms with van der Waals surface area (Å²) >= 11 is 7.07. The molecule has 0 aromatic heterocycles. The molecule has 0 bridgehead atoms. The second kappa shape index (κ2) is 8.81. The fourth-order valence-corrected chi connectivity index (χ4v) is 4.03. The van der Waals surface area contributed by atoms with E-state index >= 15 is 0 Å². The van der Waals surface area contributed by atoms with Gasteiger partial charge in [-0.1, -0.05) is 45.8 Å². The van der Waals surface area contributed by atoms with Crippen molar-refractivity contribution in [2.45, 2.75) is 20.5 Å². The van der Waals surface area contributed by atoms with E-state index in [-0.39, 0.29) is 5.82 Å². The molecule has 0 unspecified atom stereocenters. The van der Waals surface area contributed by atoms with Gasteiger partial charge in [-0.2, -0.15) is 0 Å². The van der Waals surface area contributed by atoms with Crippen LogP contribution in [0.5, 0.6) is 5.75 Å². The molecule has 0 aliphatic rings. The van der Waals surface area contributed by atoms with Gasteiger partial charge in [-0.15, -0.1) is 0 Å². The number of halogens is 3. The summed E-state index contributed by atoms with van der Waals surface area (Å²) in [7, 11) is 0. The van der Waals surface area contributed by atoms with Crippen LogP contribution < -0.4 is 4.74 Å². The third-order valence-corrected chi connectivity index (χ3v) is 5.08. The van der Waals surface area contributed by atoms with E-state index in [1.807, 2.05) is 31.2 Å². The number of rotatable bonds is 5. The molecule has 0 fully saturated rings. The number of hydrogen-bond acceptors (Lipinski definition) is 2. The molecule has 27 heavy (non-hydrogen) atoms. The van der Waals surface area contributed by atoms with Gasteiger partial charge in [0, 0.05) is 16.3 Å². The smallest absolute Gasteiger partial charge is 0.142 e. The largest absolute Gasteiger partial charge is 0.487 e. The molecule has 0 aliphatic heterocycles. The van der Waals surface area contributed by atoms with E-state index in [0.717, 1.165) is 31.3 Å². The third kappa shape index (κ3) is 5.27. The molecule has 0 saturated carbocycles. The van der Waals surface area contributed by atoms with Crippen molar-refractivity contribution in [3.8, 4) is 5.75 Å². The first-order valence-corrected chi connectivity index (χ1v) is 9.98. The third-order valence-electron chi connectivity index (χ3n) is 4.03. The topological polar surface area (TPSA) is 21.6 Å². The zero-order valence-electron chi connectivity index (χ0n) is 15.0. The van der Waals surface area contributed by atoms with Crippen LogP contribution in [0.15, 0.2) is 68.5 Å². The summed E-state index contributed by atoms with van der Waals surface area (Å²) in [5.74, 6) is 0.431. The zero-order chi connectivity index (χ0) is 19.4. The van der Waals surface area contributed by atoms with Gasteiger partial charge in [0.25, 0.3) is 0 Å². The Bertz CT molecular complexity index is 984. The minimum absolute atomic E-state index is 0.259. The fraction of sp³-hybridized carbons (Fsp3) is 0.136. The van der Waals surface area contributed by atoms with Gasteiger partial charge in [-0.05, 0) is 71.2 Å². The molecule has 0 radical (unpaired) electrons. The molecule has 0 heterocycles. The van der Waals surface area contributed by atoms with Gasteiger partial charge in [0.2, 0.25) is 0 Å². The van der Waals surface area contributed by atoms with Crippen LogP contribution in [0.1, 0.15) is 22.3 Å². The van der Waals surface area contributed by atoms with Crippen LogP contribution >= 0.6 is 31.9 Å². The molecule has 0 amide bonds. The minimum Gasteiger partial charge on any atom is -0.487 e. The Kier molecular flexibility index (Phi) is 6.45. The quantitative estimate of drug-likeness (QED) is 0.344. The van der Waals surface area contributed by atoms with Crippen molar-refractivity contribution in [1.82, 2.24) is 0 Å². The molecule has 0 atom stereocenters. The van der Waals surface area contributed by atoms with E-state index < -0.39 is 0 Å². The highest BCUT2D eigenvalue weighted by Crippen LogP contribution is 2.33. The monoisotopic (exact) mass is 489 g/mol. The molecule has 2 nitrogen and oxygen atoms in total. The standard InChI is InChI=1S/C22H18Br2FNO/c1-14-3-8-21(15(2)9-14)26-12-17-10-18(23)11-20(24)22(17)27-13-16-4-6-19(25)7-5-16/h3-12H,13H2,1-2H3. The van der Waals surface area contributed by atoms with Crippen LogP contribution in [0.25, 0.3) is 0 Å². The number of nitrogens with zero attached hydrogens (tertiary/aromatic N) is 1. The van der Waals surface area contributed by atoms with Crippen LogP contribution in [0.3, 0.4) is 0 Å². The van der Waals surface area contributed by atoms with E-state index in [2.05, 4.69) is 49.8 Å². The van der Waals surface area contributed by atoms with Crippen molar-refractivity contribution in [2.75, 3.05) is 0 Å². The first-order valence-electron chi connectivity index (χ1n) is 8.40. The van der Waals surface area contributed by atoms with Crippen LogP contribution in [0.2, 0.25) is 0 Å². The Morgan fingerprint density at radius 1 is 1.00 bits per heavy atom. The van der Waals surface area contributed by atoms with Gasteiger partial charge >= 0.3 is 0 Å². The van der Waals surface area contributed by atoms with E-state index in [1.54, 1.807) is 18.3 Å². The van der Waals surface area contributed by atoms with Crippen LogP contribution in [-0.2, 0) is 6.61 Å². The molecule has 3 rings (SSSR count). The molecule has 0 spiro atoms. The van der Waals surface area contributed by atoms with Crippen molar-refractivity contribution in [3.63, 3.8) is 0 Å². The molecular formula is C22H18Br2FNO. The van der Waals surface area contributed by atoms with Crippen molar-refractivity contribution in [3.05, 3.63) is 91.6 Å². The summed E-state index contributed by atoms with van der Waals surface area (Å²) in [6.07, 6.45) is 1.80. The highest BCUT2D eigenvalue weighted by Gasteiger charge is 2.10. The van der Waals surface area contributed by atoms with Crippen molar-refractivity contribution < 1.29 is 9.13 Å². The lowest BCUT2D eigenvalue weighted by Gasteiger charge is -2.12. The first-order chi connectivity index (χ1) is 12.9. The Labute approximate surface area is 175 Å². The molecule has 138 valence electrons. The van der Waals surface area contributed by atoms with E-state index in [1.165, 1.54) is 17.7 Å². The molecular weight excluding hydrogens is 473 g/mol. The number of benzene rings is 3. The Morgan fingerprint density at radius 3 is 2.44 bits per heavy atom. The van der Waals surface area contributed by atoms with Crippen molar-refractivity contribution in [1.29, 1.82) is 0 Å². The van der Waals surface area contributed by atoms with Gasteiger partial charge < -0.3 is 4.74 Å². The van der Waals surface area contributed by atoms with Gasteiger partial charge in [0.15, 0.2) is 0 Å². The number of hydrogen-bond donors (Lipinski definition) is 0. The second-order valence-electron chi connectivity index (χ2n) is 6.27. The molecule has 0 aliphatic carbocycles. The Hall–Kier alpha value is -1.98. The van der Waals surface area contributed by atoms with Crippen LogP contribution in [0, 0.1) is 19.7 Å². The SMILES string of the molecule is Cc1ccc(N=Cc2cc(Br)cc(Br)c2OCc2ccc(F)cc2)c(C)c1. The van der Waals surface area contributed by atoms with E-state index in [0.29, 0.717) is 12.4 Å². The molecule has 0 saturated heterocycles. The maximum absolute atomic E-state index is 13.1. The Morgan fingerprint density at radius 2 is 1.74 bits per heavy atom. The van der Waals surface area contributed by atoms with Crippen molar-refractivity contribution in [2.24, 2.45) is 4.99 Å². The zero-order valence-corrected chi connectivity index (χ0v) is 18.1. The summed E-state index contributed by atoms with van der Waals surface area (Å²) in [5, 5.41) is 0. The average molecular weight is 491 g/mol. The van der Waals surface area contributed by atoms with Gasteiger partial charge in [0.05, 0.1) is 10.2 Å². The molecule has 3 aromatic rings. The summed E-state index contributed by atoms with van der Waals surface area (Å²) in [4.78, 5) is 4.63. The normalized spacial score (nSPS) is 11.1. The Balaban J connectivity index is 1.87. The number of aryl methyl sites for hydroxylation is 2. The number of aliphatic imine (C=N–C) groups is 1. The maximum Gasteiger partial charge on any atom is 0.142 e. The number of ether oxygens (including phenoxy) is 1. The molecule has 5 heteroatoms. The minimum atomic E-state index is -0.259. The lowest BCUT2D eigenvalue weighted by molar-refractivity contribution is 0.303. The summed E-state index contributed by atoms with van der Waals surface area (Å²) < 4.78 is 20.8. The maximum atomic E-state index is 13.1. The van der Waals surface area contributed by atoms with Crippen LogP contribution in [-0.4, -0.2) is 6.21 Å². The predicted octanol–water partition coefficient (Wildman–Crippen LogP) is 7.30. The predicted molar refractivity (Wildman–Crippen MR) is 116 cm³/mol. The second-order valence-corrected chi connectivity index (χ2v) is 8.04. The van der Waals surface area contributed by atoms with Gasteiger partial charge in [0.1, 0.15) is 18.2 Å². The summed E-state index contributed by atoms with van der Waals surface area (Å²) in [5.41, 5.74) is 4.98.